The van der Waals surface area contributed by atoms with Crippen LogP contribution in [0.15, 0.2) is 18.3 Å². The van der Waals surface area contributed by atoms with Crippen LogP contribution < -0.4 is 10.1 Å². The molecule has 20 heavy (non-hydrogen) atoms. The lowest BCUT2D eigenvalue weighted by Gasteiger charge is -2.30. The van der Waals surface area contributed by atoms with Crippen molar-refractivity contribution in [3.8, 4) is 5.75 Å². The standard InChI is InChI=1S/C16H23N3O/c1-3-17-12-5-4-6-13(9-12)20-16-8-7-15-14(11(16)2)10-18-19-15/h7-8,10,12-13,17H,3-6,9H2,1-2H3,(H,18,19). The highest BCUT2D eigenvalue weighted by Gasteiger charge is 2.23. The number of nitrogens with one attached hydrogen (secondary N) is 2. The summed E-state index contributed by atoms with van der Waals surface area (Å²) in [7, 11) is 0. The lowest BCUT2D eigenvalue weighted by atomic mass is 9.92. The van der Waals surface area contributed by atoms with Crippen LogP contribution in [-0.2, 0) is 0 Å². The first-order valence-corrected chi connectivity index (χ1v) is 7.60. The number of ether oxygens (including phenoxy) is 1. The molecule has 4 nitrogen and oxygen atoms in total. The van der Waals surface area contributed by atoms with Crippen LogP contribution >= 0.6 is 0 Å². The number of rotatable bonds is 4. The first-order chi connectivity index (χ1) is 9.78. The van der Waals surface area contributed by atoms with E-state index in [2.05, 4.69) is 41.5 Å². The maximum Gasteiger partial charge on any atom is 0.123 e. The van der Waals surface area contributed by atoms with E-state index < -0.39 is 0 Å². The van der Waals surface area contributed by atoms with E-state index in [1.807, 2.05) is 6.20 Å². The van der Waals surface area contributed by atoms with E-state index >= 15 is 0 Å². The van der Waals surface area contributed by atoms with Crippen LogP contribution in [0.3, 0.4) is 0 Å². The molecular formula is C16H23N3O. The molecule has 2 unspecified atom stereocenters. The van der Waals surface area contributed by atoms with Gasteiger partial charge in [-0.3, -0.25) is 5.10 Å². The zero-order valence-electron chi connectivity index (χ0n) is 12.3. The van der Waals surface area contributed by atoms with Crippen LogP contribution in [0.25, 0.3) is 10.9 Å². The maximum absolute atomic E-state index is 6.26. The van der Waals surface area contributed by atoms with Gasteiger partial charge < -0.3 is 10.1 Å². The fraction of sp³-hybridized carbons (Fsp3) is 0.562. The summed E-state index contributed by atoms with van der Waals surface area (Å²) in [5, 5.41) is 11.8. The van der Waals surface area contributed by atoms with Gasteiger partial charge in [0.2, 0.25) is 0 Å². The zero-order chi connectivity index (χ0) is 13.9. The summed E-state index contributed by atoms with van der Waals surface area (Å²) < 4.78 is 6.26. The summed E-state index contributed by atoms with van der Waals surface area (Å²) in [6.07, 6.45) is 6.99. The van der Waals surface area contributed by atoms with Crippen LogP contribution in [0.4, 0.5) is 0 Å². The van der Waals surface area contributed by atoms with Crippen LogP contribution in [0.1, 0.15) is 38.2 Å². The minimum atomic E-state index is 0.329. The second-order valence-corrected chi connectivity index (χ2v) is 5.68. The molecular weight excluding hydrogens is 250 g/mol. The molecule has 2 N–H and O–H groups in total. The van der Waals surface area contributed by atoms with Crippen LogP contribution in [-0.4, -0.2) is 28.9 Å². The van der Waals surface area contributed by atoms with Gasteiger partial charge in [0.15, 0.2) is 0 Å². The van der Waals surface area contributed by atoms with Gasteiger partial charge in [0.05, 0.1) is 11.7 Å². The molecule has 0 bridgehead atoms. The van der Waals surface area contributed by atoms with E-state index in [4.69, 9.17) is 4.74 Å². The minimum Gasteiger partial charge on any atom is -0.490 e. The fourth-order valence-electron chi connectivity index (χ4n) is 3.17. The second kappa shape index (κ2) is 5.83. The van der Waals surface area contributed by atoms with Crippen molar-refractivity contribution in [2.24, 2.45) is 0 Å². The van der Waals surface area contributed by atoms with Gasteiger partial charge >= 0.3 is 0 Å². The molecule has 1 heterocycles. The van der Waals surface area contributed by atoms with E-state index in [0.717, 1.165) is 36.0 Å². The number of benzene rings is 1. The zero-order valence-corrected chi connectivity index (χ0v) is 12.3. The van der Waals surface area contributed by atoms with Crippen molar-refractivity contribution < 1.29 is 4.74 Å². The Morgan fingerprint density at radius 3 is 3.15 bits per heavy atom. The number of nitrogens with zero attached hydrogens (tertiary/aromatic N) is 1. The Bertz CT molecular complexity index is 576. The molecule has 1 fully saturated rings. The average molecular weight is 273 g/mol. The largest absolute Gasteiger partial charge is 0.490 e. The Hall–Kier alpha value is -1.55. The van der Waals surface area contributed by atoms with E-state index in [9.17, 15) is 0 Å². The summed E-state index contributed by atoms with van der Waals surface area (Å²) in [5.74, 6) is 1.00. The van der Waals surface area contributed by atoms with Gasteiger partial charge in [-0.05, 0) is 51.3 Å². The fourth-order valence-corrected chi connectivity index (χ4v) is 3.17. The van der Waals surface area contributed by atoms with Gasteiger partial charge in [-0.25, -0.2) is 0 Å². The predicted octanol–water partition coefficient (Wildman–Crippen LogP) is 3.17. The topological polar surface area (TPSA) is 49.9 Å². The van der Waals surface area contributed by atoms with Crippen molar-refractivity contribution in [1.82, 2.24) is 15.5 Å². The summed E-state index contributed by atoms with van der Waals surface area (Å²) in [6, 6.07) is 4.72. The Balaban J connectivity index is 1.73. The Kier molecular flexibility index (Phi) is 3.92. The van der Waals surface area contributed by atoms with E-state index in [0.29, 0.717) is 12.1 Å². The third kappa shape index (κ3) is 2.66. The summed E-state index contributed by atoms with van der Waals surface area (Å²) in [4.78, 5) is 0. The van der Waals surface area contributed by atoms with Gasteiger partial charge in [0, 0.05) is 17.0 Å². The van der Waals surface area contributed by atoms with E-state index in [1.54, 1.807) is 0 Å². The molecule has 1 aliphatic rings. The number of hydrogen-bond acceptors (Lipinski definition) is 3. The molecule has 0 amide bonds. The highest BCUT2D eigenvalue weighted by molar-refractivity contribution is 5.83. The monoisotopic (exact) mass is 273 g/mol. The molecule has 0 aliphatic heterocycles. The normalized spacial score (nSPS) is 23.1. The molecule has 1 aromatic carbocycles. The first-order valence-electron chi connectivity index (χ1n) is 7.60. The Labute approximate surface area is 119 Å². The molecule has 1 saturated carbocycles. The molecule has 2 aromatic rings. The van der Waals surface area contributed by atoms with Crippen molar-refractivity contribution in [2.75, 3.05) is 6.54 Å². The molecule has 4 heteroatoms. The van der Waals surface area contributed by atoms with Crippen molar-refractivity contribution in [3.63, 3.8) is 0 Å². The van der Waals surface area contributed by atoms with Crippen LogP contribution in [0.2, 0.25) is 0 Å². The molecule has 108 valence electrons. The van der Waals surface area contributed by atoms with Crippen molar-refractivity contribution in [1.29, 1.82) is 0 Å². The van der Waals surface area contributed by atoms with Crippen molar-refractivity contribution >= 4 is 10.9 Å². The number of aryl methyl sites for hydroxylation is 1. The summed E-state index contributed by atoms with van der Waals surface area (Å²) in [6.45, 7) is 5.32. The number of hydrogen-bond donors (Lipinski definition) is 2. The SMILES string of the molecule is CCNC1CCCC(Oc2ccc3[nH]ncc3c2C)C1. The molecule has 1 aliphatic carbocycles. The van der Waals surface area contributed by atoms with Gasteiger partial charge in [0.1, 0.15) is 11.9 Å². The van der Waals surface area contributed by atoms with Gasteiger partial charge in [-0.2, -0.15) is 5.10 Å². The van der Waals surface area contributed by atoms with Crippen molar-refractivity contribution in [2.45, 2.75) is 51.7 Å². The lowest BCUT2D eigenvalue weighted by Crippen LogP contribution is -2.38. The minimum absolute atomic E-state index is 0.329. The molecule has 0 radical (unpaired) electrons. The predicted molar refractivity (Wildman–Crippen MR) is 81.2 cm³/mol. The number of aromatic nitrogens is 2. The van der Waals surface area contributed by atoms with E-state index in [1.165, 1.54) is 18.4 Å². The maximum atomic E-state index is 6.26. The molecule has 1 aromatic heterocycles. The Morgan fingerprint density at radius 2 is 2.30 bits per heavy atom. The number of aromatic amines is 1. The highest BCUT2D eigenvalue weighted by atomic mass is 16.5. The van der Waals surface area contributed by atoms with Crippen molar-refractivity contribution in [3.05, 3.63) is 23.9 Å². The Morgan fingerprint density at radius 1 is 1.40 bits per heavy atom. The van der Waals surface area contributed by atoms with Crippen LogP contribution in [0, 0.1) is 6.92 Å². The molecule has 3 rings (SSSR count). The molecule has 0 saturated heterocycles. The quantitative estimate of drug-likeness (QED) is 0.899. The van der Waals surface area contributed by atoms with Gasteiger partial charge in [-0.15, -0.1) is 0 Å². The van der Waals surface area contributed by atoms with E-state index in [-0.39, 0.29) is 0 Å². The van der Waals surface area contributed by atoms with Gasteiger partial charge in [-0.1, -0.05) is 6.92 Å². The average Bonchev–Trinajstić information content (AvgIpc) is 2.92. The third-order valence-corrected chi connectivity index (χ3v) is 4.26. The molecule has 2 atom stereocenters. The summed E-state index contributed by atoms with van der Waals surface area (Å²) >= 11 is 0. The highest BCUT2D eigenvalue weighted by Crippen LogP contribution is 2.29. The summed E-state index contributed by atoms with van der Waals surface area (Å²) in [5.41, 5.74) is 2.26. The molecule has 0 spiro atoms. The first kappa shape index (κ1) is 13.4. The van der Waals surface area contributed by atoms with Crippen LogP contribution in [0.5, 0.6) is 5.75 Å². The smallest absolute Gasteiger partial charge is 0.123 e. The van der Waals surface area contributed by atoms with Gasteiger partial charge in [0.25, 0.3) is 0 Å². The second-order valence-electron chi connectivity index (χ2n) is 5.68. The number of H-pyrrole nitrogens is 1. The lowest BCUT2D eigenvalue weighted by molar-refractivity contribution is 0.134. The third-order valence-electron chi connectivity index (χ3n) is 4.26. The number of fused-ring (bicyclic) bond motifs is 1.